The number of nitrogens with one attached hydrogen (secondary N) is 2. The molecular formula is C24H28N4O2. The van der Waals surface area contributed by atoms with Crippen LogP contribution in [0, 0.1) is 0 Å². The van der Waals surface area contributed by atoms with E-state index in [0.29, 0.717) is 18.8 Å². The molecule has 156 valence electrons. The molecule has 1 saturated heterocycles. The van der Waals surface area contributed by atoms with Crippen molar-refractivity contribution in [3.8, 4) is 5.75 Å². The van der Waals surface area contributed by atoms with Crippen molar-refractivity contribution in [3.05, 3.63) is 60.2 Å². The normalized spacial score (nSPS) is 16.2. The maximum absolute atomic E-state index is 12.6. The summed E-state index contributed by atoms with van der Waals surface area (Å²) in [5.74, 6) is 0.762. The SMILES string of the molecule is O=C(Nc1cccc(OCCN2CCCCC2)c1)Nc1ccccc1C1=CC=NC1. The number of anilines is 2. The number of carbonyl (C=O) groups is 1. The summed E-state index contributed by atoms with van der Waals surface area (Å²) in [6.07, 6.45) is 7.67. The van der Waals surface area contributed by atoms with Crippen molar-refractivity contribution in [3.63, 3.8) is 0 Å². The maximum Gasteiger partial charge on any atom is 0.323 e. The molecule has 2 aliphatic heterocycles. The van der Waals surface area contributed by atoms with E-state index in [1.807, 2.05) is 54.6 Å². The van der Waals surface area contributed by atoms with E-state index in [-0.39, 0.29) is 6.03 Å². The largest absolute Gasteiger partial charge is 0.492 e. The van der Waals surface area contributed by atoms with Gasteiger partial charge in [-0.25, -0.2) is 4.79 Å². The number of hydrogen-bond acceptors (Lipinski definition) is 4. The fourth-order valence-corrected chi connectivity index (χ4v) is 3.82. The first-order chi connectivity index (χ1) is 14.8. The van der Waals surface area contributed by atoms with E-state index in [0.717, 1.165) is 42.2 Å². The molecule has 2 N–H and O–H groups in total. The van der Waals surface area contributed by atoms with Crippen molar-refractivity contribution in [2.75, 3.05) is 43.4 Å². The number of ether oxygens (including phenoxy) is 1. The third-order valence-corrected chi connectivity index (χ3v) is 5.38. The average Bonchev–Trinajstić information content (AvgIpc) is 3.30. The minimum Gasteiger partial charge on any atom is -0.492 e. The molecule has 0 bridgehead atoms. The number of rotatable bonds is 7. The molecule has 0 aromatic heterocycles. The number of urea groups is 1. The van der Waals surface area contributed by atoms with E-state index in [2.05, 4.69) is 20.5 Å². The van der Waals surface area contributed by atoms with Gasteiger partial charge in [0.2, 0.25) is 0 Å². The molecule has 0 saturated carbocycles. The summed E-state index contributed by atoms with van der Waals surface area (Å²) < 4.78 is 5.90. The van der Waals surface area contributed by atoms with Gasteiger partial charge in [0.25, 0.3) is 0 Å². The van der Waals surface area contributed by atoms with Gasteiger partial charge in [-0.1, -0.05) is 30.7 Å². The lowest BCUT2D eigenvalue weighted by Gasteiger charge is -2.26. The summed E-state index contributed by atoms with van der Waals surface area (Å²) in [5.41, 5.74) is 3.54. The quantitative estimate of drug-likeness (QED) is 0.705. The fraction of sp³-hybridized carbons (Fsp3) is 0.333. The smallest absolute Gasteiger partial charge is 0.323 e. The number of aliphatic imine (C=N–C) groups is 1. The highest BCUT2D eigenvalue weighted by atomic mass is 16.5. The Morgan fingerprint density at radius 1 is 1.03 bits per heavy atom. The number of likely N-dealkylation sites (tertiary alicyclic amines) is 1. The predicted molar refractivity (Wildman–Crippen MR) is 123 cm³/mol. The Morgan fingerprint density at radius 2 is 1.90 bits per heavy atom. The van der Waals surface area contributed by atoms with Crippen molar-refractivity contribution < 1.29 is 9.53 Å². The lowest BCUT2D eigenvalue weighted by atomic mass is 10.0. The molecule has 0 aliphatic carbocycles. The van der Waals surface area contributed by atoms with E-state index in [4.69, 9.17) is 4.74 Å². The van der Waals surface area contributed by atoms with Crippen LogP contribution in [0.1, 0.15) is 24.8 Å². The Morgan fingerprint density at radius 3 is 2.73 bits per heavy atom. The van der Waals surface area contributed by atoms with Gasteiger partial charge in [-0.2, -0.15) is 0 Å². The number of amides is 2. The van der Waals surface area contributed by atoms with Gasteiger partial charge in [-0.3, -0.25) is 9.89 Å². The number of hydrogen-bond donors (Lipinski definition) is 2. The number of benzene rings is 2. The molecule has 0 atom stereocenters. The molecule has 0 unspecified atom stereocenters. The highest BCUT2D eigenvalue weighted by Crippen LogP contribution is 2.26. The molecule has 4 rings (SSSR count). The first kappa shape index (κ1) is 20.2. The Kier molecular flexibility index (Phi) is 6.77. The van der Waals surface area contributed by atoms with Gasteiger partial charge in [0.05, 0.1) is 6.54 Å². The summed E-state index contributed by atoms with van der Waals surface area (Å²) in [7, 11) is 0. The standard InChI is InChI=1S/C24H28N4O2/c29-24(27-23-10-3-2-9-22(23)19-11-12-25-18-19)26-20-7-6-8-21(17-20)30-16-15-28-13-4-1-5-14-28/h2-3,6-12,17H,1,4-5,13-16,18H2,(H2,26,27,29). The van der Waals surface area contributed by atoms with Gasteiger partial charge in [0.1, 0.15) is 12.4 Å². The van der Waals surface area contributed by atoms with Gasteiger partial charge in [-0.15, -0.1) is 0 Å². The van der Waals surface area contributed by atoms with E-state index < -0.39 is 0 Å². The zero-order valence-corrected chi connectivity index (χ0v) is 17.1. The second-order valence-electron chi connectivity index (χ2n) is 7.58. The van der Waals surface area contributed by atoms with Crippen LogP contribution in [0.4, 0.5) is 16.2 Å². The third kappa shape index (κ3) is 5.48. The molecule has 0 radical (unpaired) electrons. The molecule has 6 heteroatoms. The van der Waals surface area contributed by atoms with E-state index in [1.165, 1.54) is 19.3 Å². The topological polar surface area (TPSA) is 66.0 Å². The number of piperidine rings is 1. The van der Waals surface area contributed by atoms with Gasteiger partial charge < -0.3 is 15.4 Å². The minimum absolute atomic E-state index is 0.285. The summed E-state index contributed by atoms with van der Waals surface area (Å²) >= 11 is 0. The number of allylic oxidation sites excluding steroid dienone is 1. The fourth-order valence-electron chi connectivity index (χ4n) is 3.82. The summed E-state index contributed by atoms with van der Waals surface area (Å²) in [5, 5.41) is 5.84. The molecule has 2 amide bonds. The maximum atomic E-state index is 12.6. The van der Waals surface area contributed by atoms with Gasteiger partial charge in [-0.05, 0) is 55.8 Å². The van der Waals surface area contributed by atoms with Crippen molar-refractivity contribution >= 4 is 29.2 Å². The van der Waals surface area contributed by atoms with Gasteiger partial charge in [0, 0.05) is 35.8 Å². The van der Waals surface area contributed by atoms with Crippen LogP contribution >= 0.6 is 0 Å². The molecule has 2 heterocycles. The lowest BCUT2D eigenvalue weighted by Crippen LogP contribution is -2.33. The molecule has 1 fully saturated rings. The highest BCUT2D eigenvalue weighted by Gasteiger charge is 2.12. The molecule has 2 aromatic rings. The van der Waals surface area contributed by atoms with Crippen molar-refractivity contribution in [2.45, 2.75) is 19.3 Å². The molecule has 30 heavy (non-hydrogen) atoms. The zero-order valence-electron chi connectivity index (χ0n) is 17.1. The van der Waals surface area contributed by atoms with Gasteiger partial charge >= 0.3 is 6.03 Å². The zero-order chi connectivity index (χ0) is 20.6. The molecular weight excluding hydrogens is 376 g/mol. The minimum atomic E-state index is -0.285. The third-order valence-electron chi connectivity index (χ3n) is 5.38. The number of nitrogens with zero attached hydrogens (tertiary/aromatic N) is 2. The van der Waals surface area contributed by atoms with Crippen LogP contribution in [0.2, 0.25) is 0 Å². The molecule has 6 nitrogen and oxygen atoms in total. The van der Waals surface area contributed by atoms with Crippen molar-refractivity contribution in [1.29, 1.82) is 0 Å². The van der Waals surface area contributed by atoms with Crippen LogP contribution in [-0.2, 0) is 0 Å². The van der Waals surface area contributed by atoms with Crippen LogP contribution in [0.5, 0.6) is 5.75 Å². The van der Waals surface area contributed by atoms with Crippen LogP contribution in [0.15, 0.2) is 59.6 Å². The first-order valence-electron chi connectivity index (χ1n) is 10.6. The number of carbonyl (C=O) groups excluding carboxylic acids is 1. The monoisotopic (exact) mass is 404 g/mol. The average molecular weight is 405 g/mol. The second-order valence-corrected chi connectivity index (χ2v) is 7.58. The Labute approximate surface area is 177 Å². The highest BCUT2D eigenvalue weighted by molar-refractivity contribution is 6.02. The lowest BCUT2D eigenvalue weighted by molar-refractivity contribution is 0.183. The second kappa shape index (κ2) is 10.1. The van der Waals surface area contributed by atoms with E-state index in [9.17, 15) is 4.79 Å². The molecule has 0 spiro atoms. The Balaban J connectivity index is 1.31. The van der Waals surface area contributed by atoms with E-state index in [1.54, 1.807) is 6.21 Å². The molecule has 2 aliphatic rings. The van der Waals surface area contributed by atoms with Gasteiger partial charge in [0.15, 0.2) is 0 Å². The summed E-state index contributed by atoms with van der Waals surface area (Å²) in [6, 6.07) is 15.0. The summed E-state index contributed by atoms with van der Waals surface area (Å²) in [4.78, 5) is 19.2. The number of para-hydroxylation sites is 1. The van der Waals surface area contributed by atoms with Crippen molar-refractivity contribution in [1.82, 2.24) is 4.90 Å². The van der Waals surface area contributed by atoms with Crippen LogP contribution < -0.4 is 15.4 Å². The first-order valence-corrected chi connectivity index (χ1v) is 10.6. The molecule has 2 aromatic carbocycles. The Hall–Kier alpha value is -3.12. The van der Waals surface area contributed by atoms with Crippen LogP contribution in [-0.4, -0.2) is 49.9 Å². The summed E-state index contributed by atoms with van der Waals surface area (Å²) in [6.45, 7) is 4.55. The Bertz CT molecular complexity index is 932. The predicted octanol–water partition coefficient (Wildman–Crippen LogP) is 4.66. The van der Waals surface area contributed by atoms with Crippen LogP contribution in [0.25, 0.3) is 5.57 Å². The van der Waals surface area contributed by atoms with Crippen LogP contribution in [0.3, 0.4) is 0 Å². The van der Waals surface area contributed by atoms with Crippen molar-refractivity contribution in [2.24, 2.45) is 4.99 Å². The van der Waals surface area contributed by atoms with E-state index >= 15 is 0 Å².